The van der Waals surface area contributed by atoms with E-state index in [-0.39, 0.29) is 81.7 Å². The van der Waals surface area contributed by atoms with Gasteiger partial charge in [0.25, 0.3) is 0 Å². The van der Waals surface area contributed by atoms with Crippen molar-refractivity contribution in [2.45, 2.75) is 219 Å². The molecule has 0 bridgehead atoms. The number of hydrogen-bond acceptors (Lipinski definition) is 19. The first kappa shape index (κ1) is 86.1. The van der Waals surface area contributed by atoms with E-state index in [1.54, 1.807) is 20.8 Å². The molecule has 25 nitrogen and oxygen atoms in total. The van der Waals surface area contributed by atoms with Gasteiger partial charge >= 0.3 is 30.5 Å². The Morgan fingerprint density at radius 1 is 0.490 bits per heavy atom. The molecular formula is C72H121ClN10O15. The standard InChI is InChI=1S/C19H30N2O3.C18H26N2O5.C14H20N2O3.C11H24N2O.C10H20N2O3.ClH/c1-15(2)7-6-11-21-12-10-17(18(22)13-21)20-19(23)24-14-16-8-4-3-5-9-16;1-18(2,3)25-17(23)20-10-9-14(15(21)11-20)19-16(22)24-12-13-7-5-4-6-8-13;1-16-8-7-12(13(17)9-16)15-14(18)19-10-11-5-3-2-4-6-11;1-9(2)4-3-6-13-7-5-10(12)11(14)8-13;1-10(2,3)15-9(14)12-5-4-7(11)8(13)6-12;/h3-5,8-9,15,17-18,22H,6-7,10-14H2,1-2H3,(H,20,23);4-8,14-15,21H,9-12H2,1-3H3,(H,19,22);2-6,12-13,17H,7-10H2,1H3,(H,15,18);9-11,14H,3-8,12H2,1-2H3;7-8,13H,4-6,11H2,1-3H3;1H. The molecule has 5 fully saturated rings. The highest BCUT2D eigenvalue weighted by Gasteiger charge is 2.35. The molecular weight excluding hydrogens is 1280 g/mol. The Labute approximate surface area is 589 Å². The minimum Gasteiger partial charge on any atom is -1.00 e. The highest BCUT2D eigenvalue weighted by Crippen LogP contribution is 2.20. The summed E-state index contributed by atoms with van der Waals surface area (Å²) in [6, 6.07) is 27.3. The smallest absolute Gasteiger partial charge is 0.410 e. The fourth-order valence-electron chi connectivity index (χ4n) is 11.2. The molecule has 5 aliphatic heterocycles. The number of benzene rings is 3. The first-order valence-corrected chi connectivity index (χ1v) is 34.9. The highest BCUT2D eigenvalue weighted by molar-refractivity contribution is 5.70. The first-order chi connectivity index (χ1) is 45.8. The van der Waals surface area contributed by atoms with Crippen molar-refractivity contribution in [3.05, 3.63) is 108 Å². The van der Waals surface area contributed by atoms with E-state index < -0.39 is 66.0 Å². The number of nitrogens with one attached hydrogen (secondary N) is 4. The molecule has 11 atom stereocenters. The topological polar surface area (TPSA) is 338 Å². The van der Waals surface area contributed by atoms with Gasteiger partial charge in [0.15, 0.2) is 0 Å². The second kappa shape index (κ2) is 44.9. The summed E-state index contributed by atoms with van der Waals surface area (Å²) in [6.45, 7) is 28.8. The van der Waals surface area contributed by atoms with Crippen LogP contribution >= 0.6 is 0 Å². The molecule has 3 aromatic carbocycles. The maximum absolute atomic E-state index is 12.0. The van der Waals surface area contributed by atoms with Crippen molar-refractivity contribution in [3.63, 3.8) is 0 Å². The molecule has 5 heterocycles. The Bertz CT molecular complexity index is 2700. The lowest BCUT2D eigenvalue weighted by molar-refractivity contribution is -0.888. The number of β-amino-alcohol motifs (C(OH)–C–C–N with tert-alkyl or cyclic N) is 4. The zero-order valence-electron chi connectivity index (χ0n) is 60.2. The number of carbonyl (C=O) groups excluding carboxylic acids is 5. The normalized spacial score (nSPS) is 24.3. The Balaban J connectivity index is 0.000000324. The Morgan fingerprint density at radius 2 is 0.816 bits per heavy atom. The number of aliphatic hydroxyl groups excluding tert-OH is 5. The van der Waals surface area contributed by atoms with E-state index in [4.69, 9.17) is 35.2 Å². The number of ether oxygens (including phenoxy) is 5. The van der Waals surface area contributed by atoms with E-state index in [0.717, 1.165) is 87.6 Å². The molecule has 26 heteroatoms. The molecule has 13 N–H and O–H groups in total. The molecule has 5 saturated heterocycles. The number of alkyl carbamates (subject to hydrolysis) is 3. The van der Waals surface area contributed by atoms with Crippen molar-refractivity contribution in [2.75, 3.05) is 85.6 Å². The van der Waals surface area contributed by atoms with Gasteiger partial charge < -0.3 is 114 Å². The van der Waals surface area contributed by atoms with E-state index in [1.165, 1.54) is 34.0 Å². The number of piperidine rings is 5. The molecule has 98 heavy (non-hydrogen) atoms. The number of likely N-dealkylation sites (N-methyl/N-ethyl adjacent to an activating group) is 1. The van der Waals surface area contributed by atoms with Gasteiger partial charge in [0.05, 0.1) is 69.2 Å². The fourth-order valence-corrected chi connectivity index (χ4v) is 11.2. The van der Waals surface area contributed by atoms with Gasteiger partial charge in [-0.1, -0.05) is 119 Å². The van der Waals surface area contributed by atoms with Crippen molar-refractivity contribution >= 4 is 30.5 Å². The molecule has 0 spiro atoms. The number of aliphatic hydroxyl groups is 5. The highest BCUT2D eigenvalue weighted by atomic mass is 35.5. The quantitative estimate of drug-likeness (QED) is 0.0866. The van der Waals surface area contributed by atoms with Gasteiger partial charge in [0.2, 0.25) is 0 Å². The summed E-state index contributed by atoms with van der Waals surface area (Å²) in [5.74, 6) is 1.50. The lowest BCUT2D eigenvalue weighted by Gasteiger charge is -2.36. The van der Waals surface area contributed by atoms with E-state index in [9.17, 15) is 49.5 Å². The number of carbonyl (C=O) groups is 5. The van der Waals surface area contributed by atoms with E-state index in [0.29, 0.717) is 44.9 Å². The predicted molar refractivity (Wildman–Crippen MR) is 373 cm³/mol. The van der Waals surface area contributed by atoms with Crippen molar-refractivity contribution in [1.82, 2.24) is 35.6 Å². The van der Waals surface area contributed by atoms with Crippen molar-refractivity contribution < 1.29 is 90.5 Å². The number of quaternary nitrogens is 1. The van der Waals surface area contributed by atoms with Crippen LogP contribution in [0, 0.1) is 11.8 Å². The summed E-state index contributed by atoms with van der Waals surface area (Å²) < 4.78 is 26.0. The number of nitrogens with zero attached hydrogens (tertiary/aromatic N) is 4. The second-order valence-electron chi connectivity index (χ2n) is 29.0. The lowest BCUT2D eigenvalue weighted by Crippen LogP contribution is -3.12. The van der Waals surface area contributed by atoms with Crippen LogP contribution in [-0.4, -0.2) is 233 Å². The third-order valence-corrected chi connectivity index (χ3v) is 16.9. The van der Waals surface area contributed by atoms with E-state index in [1.807, 2.05) is 119 Å². The van der Waals surface area contributed by atoms with Crippen LogP contribution in [0.25, 0.3) is 0 Å². The maximum atomic E-state index is 12.0. The second-order valence-corrected chi connectivity index (χ2v) is 29.0. The number of amides is 5. The Kier molecular flexibility index (Phi) is 39.5. The van der Waals surface area contributed by atoms with Gasteiger partial charge in [-0.3, -0.25) is 0 Å². The number of nitrogens with two attached hydrogens (primary N) is 2. The molecule has 5 aliphatic rings. The molecule has 0 saturated carbocycles. The van der Waals surface area contributed by atoms with Crippen molar-refractivity contribution in [2.24, 2.45) is 23.3 Å². The molecule has 0 aromatic heterocycles. The van der Waals surface area contributed by atoms with Gasteiger partial charge in [-0.25, -0.2) is 24.0 Å². The molecule has 8 rings (SSSR count). The molecule has 0 radical (unpaired) electrons. The number of rotatable bonds is 17. The van der Waals surface area contributed by atoms with Crippen molar-refractivity contribution in [1.29, 1.82) is 0 Å². The van der Waals surface area contributed by atoms with Crippen LogP contribution in [0.2, 0.25) is 0 Å². The Morgan fingerprint density at radius 3 is 1.16 bits per heavy atom. The van der Waals surface area contributed by atoms with E-state index in [2.05, 4.69) is 53.4 Å². The Hall–Kier alpha value is -6.10. The number of halogens is 1. The fraction of sp³-hybridized carbons (Fsp3) is 0.681. The average Bonchev–Trinajstić information content (AvgIpc) is 0.941. The van der Waals surface area contributed by atoms with Gasteiger partial charge in [0.1, 0.15) is 43.7 Å². The molecule has 556 valence electrons. The summed E-state index contributed by atoms with van der Waals surface area (Å²) in [5.41, 5.74) is 13.1. The van der Waals surface area contributed by atoms with Crippen LogP contribution < -0.4 is 44.7 Å². The molecule has 5 amide bonds. The van der Waals surface area contributed by atoms with Gasteiger partial charge in [-0.05, 0) is 141 Å². The maximum Gasteiger partial charge on any atom is 0.410 e. The first-order valence-electron chi connectivity index (χ1n) is 34.9. The van der Waals surface area contributed by atoms with Gasteiger partial charge in [-0.2, -0.15) is 0 Å². The van der Waals surface area contributed by atoms with Gasteiger partial charge in [0, 0.05) is 51.2 Å². The van der Waals surface area contributed by atoms with Crippen LogP contribution in [0.4, 0.5) is 24.0 Å². The summed E-state index contributed by atoms with van der Waals surface area (Å²) in [4.78, 5) is 67.9. The van der Waals surface area contributed by atoms with Crippen LogP contribution in [0.5, 0.6) is 0 Å². The molecule has 11 unspecified atom stereocenters. The van der Waals surface area contributed by atoms with Crippen LogP contribution in [0.3, 0.4) is 0 Å². The summed E-state index contributed by atoms with van der Waals surface area (Å²) >= 11 is 0. The molecule has 3 aromatic rings. The van der Waals surface area contributed by atoms with Gasteiger partial charge in [-0.15, -0.1) is 0 Å². The zero-order chi connectivity index (χ0) is 71.7. The van der Waals surface area contributed by atoms with Crippen LogP contribution in [0.15, 0.2) is 91.0 Å². The molecule has 0 aliphatic carbocycles. The monoisotopic (exact) mass is 1400 g/mol. The zero-order valence-corrected chi connectivity index (χ0v) is 61.0. The third-order valence-electron chi connectivity index (χ3n) is 16.9. The predicted octanol–water partition coefficient (Wildman–Crippen LogP) is 2.76. The number of likely N-dealkylation sites (tertiary alicyclic amines) is 5. The largest absolute Gasteiger partial charge is 1.00 e. The SMILES string of the molecule is CC(C)(C)OC(=O)N1CCC(N)C(O)C1.CC(C)(C)OC(=O)N1CCC(NC(=O)OCc2ccccc2)C(O)C1.CC(C)CCCN1CCC(N)C(O)C1.CC(C)CCCN1CCC(NC(=O)OCc2ccccc2)C(O)C1.C[NH+]1CCC(NC(=O)OCc2ccccc2)C(O)C1.[Cl-]. The minimum absolute atomic E-state index is 0. The number of hydrogen-bond donors (Lipinski definition) is 11. The summed E-state index contributed by atoms with van der Waals surface area (Å²) in [7, 11) is 2.03. The third kappa shape index (κ3) is 36.3. The minimum atomic E-state index is -0.870. The van der Waals surface area contributed by atoms with Crippen LogP contribution in [0.1, 0.15) is 144 Å². The summed E-state index contributed by atoms with van der Waals surface area (Å²) in [5, 5.41) is 57.7. The average molecular weight is 1400 g/mol. The summed E-state index contributed by atoms with van der Waals surface area (Å²) in [6.07, 6.45) is 3.15. The van der Waals surface area contributed by atoms with Crippen molar-refractivity contribution in [3.8, 4) is 0 Å². The van der Waals surface area contributed by atoms with E-state index >= 15 is 0 Å². The lowest BCUT2D eigenvalue weighted by atomic mass is 10.0. The van der Waals surface area contributed by atoms with Crippen LogP contribution in [-0.2, 0) is 43.5 Å².